The molecule has 0 saturated carbocycles. The predicted molar refractivity (Wildman–Crippen MR) is 113 cm³/mol. The van der Waals surface area contributed by atoms with Crippen LogP contribution in [0.1, 0.15) is 61.0 Å². The summed E-state index contributed by atoms with van der Waals surface area (Å²) in [5, 5.41) is 4.36. The third kappa shape index (κ3) is 3.71. The summed E-state index contributed by atoms with van der Waals surface area (Å²) in [7, 11) is 0. The number of nitrogens with one attached hydrogen (secondary N) is 2. The second kappa shape index (κ2) is 7.56. The zero-order chi connectivity index (χ0) is 19.0. The van der Waals surface area contributed by atoms with Gasteiger partial charge < -0.3 is 10.3 Å². The van der Waals surface area contributed by atoms with Gasteiger partial charge in [0.2, 0.25) is 0 Å². The van der Waals surface area contributed by atoms with E-state index in [1.165, 1.54) is 16.0 Å². The molecule has 3 atom stereocenters. The molecule has 0 radical (unpaired) electrons. The molecule has 4 nitrogen and oxygen atoms in total. The number of aryl methyl sites for hydroxylation is 1. The molecule has 0 aliphatic heterocycles. The van der Waals surface area contributed by atoms with Crippen LogP contribution in [0.15, 0.2) is 35.1 Å². The van der Waals surface area contributed by atoms with E-state index in [-0.39, 0.29) is 11.6 Å². The number of rotatable bonds is 5. The van der Waals surface area contributed by atoms with Gasteiger partial charge in [-0.15, -0.1) is 11.3 Å². The molecule has 3 aromatic rings. The van der Waals surface area contributed by atoms with Crippen LogP contribution in [0.25, 0.3) is 10.2 Å². The van der Waals surface area contributed by atoms with Crippen molar-refractivity contribution in [2.24, 2.45) is 5.92 Å². The standard InChI is InChI=1S/C22H27N3OS/c1-13-9-10-17-18(11-13)27-22-19(17)21(26)24-20(25-22)15(3)23-12-14(2)16-7-5-4-6-8-16/h4-8,13-15,23H,9-12H2,1-3H3,(H,24,25,26)/t13-,14+,15+/m0/s1. The van der Waals surface area contributed by atoms with Gasteiger partial charge in [-0.2, -0.15) is 0 Å². The Morgan fingerprint density at radius 2 is 2.07 bits per heavy atom. The number of fused-ring (bicyclic) bond motifs is 3. The van der Waals surface area contributed by atoms with E-state index < -0.39 is 0 Å². The SMILES string of the molecule is C[C@H]1CCc2c(sc3nc([C@@H](C)NC[C@@H](C)c4ccccc4)[nH]c(=O)c23)C1. The van der Waals surface area contributed by atoms with Crippen molar-refractivity contribution in [2.75, 3.05) is 6.54 Å². The van der Waals surface area contributed by atoms with Crippen molar-refractivity contribution >= 4 is 21.6 Å². The number of thiophene rings is 1. The first-order valence-corrected chi connectivity index (χ1v) is 10.7. The lowest BCUT2D eigenvalue weighted by Gasteiger charge is -2.18. The summed E-state index contributed by atoms with van der Waals surface area (Å²) in [6.45, 7) is 7.40. The highest BCUT2D eigenvalue weighted by Crippen LogP contribution is 2.35. The highest BCUT2D eigenvalue weighted by Gasteiger charge is 2.23. The van der Waals surface area contributed by atoms with Crippen molar-refractivity contribution in [1.29, 1.82) is 0 Å². The summed E-state index contributed by atoms with van der Waals surface area (Å²) in [4.78, 5) is 22.9. The minimum absolute atomic E-state index is 0.00585. The van der Waals surface area contributed by atoms with E-state index in [4.69, 9.17) is 4.98 Å². The number of hydrogen-bond acceptors (Lipinski definition) is 4. The summed E-state index contributed by atoms with van der Waals surface area (Å²) in [5.74, 6) is 1.84. The Morgan fingerprint density at radius 1 is 1.30 bits per heavy atom. The molecule has 0 spiro atoms. The molecular formula is C22H27N3OS. The minimum Gasteiger partial charge on any atom is -0.309 e. The zero-order valence-corrected chi connectivity index (χ0v) is 17.0. The average Bonchev–Trinajstić information content (AvgIpc) is 3.04. The number of hydrogen-bond donors (Lipinski definition) is 2. The smallest absolute Gasteiger partial charge is 0.259 e. The van der Waals surface area contributed by atoms with Crippen molar-refractivity contribution in [3.8, 4) is 0 Å². The number of nitrogens with zero attached hydrogens (tertiary/aromatic N) is 1. The van der Waals surface area contributed by atoms with E-state index in [1.807, 2.05) is 6.07 Å². The van der Waals surface area contributed by atoms with E-state index >= 15 is 0 Å². The Morgan fingerprint density at radius 3 is 2.85 bits per heavy atom. The fourth-order valence-corrected chi connectivity index (χ4v) is 5.31. The van der Waals surface area contributed by atoms with Gasteiger partial charge in [0.1, 0.15) is 10.7 Å². The third-order valence-electron chi connectivity index (χ3n) is 5.69. The lowest BCUT2D eigenvalue weighted by molar-refractivity contribution is 0.508. The van der Waals surface area contributed by atoms with Crippen LogP contribution in [0.3, 0.4) is 0 Å². The van der Waals surface area contributed by atoms with Crippen LogP contribution in [0.5, 0.6) is 0 Å². The van der Waals surface area contributed by atoms with Crippen LogP contribution in [-0.2, 0) is 12.8 Å². The molecular weight excluding hydrogens is 354 g/mol. The van der Waals surface area contributed by atoms with E-state index in [0.717, 1.165) is 41.8 Å². The molecule has 5 heteroatoms. The first kappa shape index (κ1) is 18.4. The third-order valence-corrected chi connectivity index (χ3v) is 6.84. The van der Waals surface area contributed by atoms with Gasteiger partial charge >= 0.3 is 0 Å². The van der Waals surface area contributed by atoms with Crippen molar-refractivity contribution in [3.63, 3.8) is 0 Å². The van der Waals surface area contributed by atoms with Gasteiger partial charge in [-0.25, -0.2) is 4.98 Å². The normalized spacial score (nSPS) is 19.0. The highest BCUT2D eigenvalue weighted by molar-refractivity contribution is 7.18. The van der Waals surface area contributed by atoms with Crippen molar-refractivity contribution in [3.05, 3.63) is 62.5 Å². The maximum absolute atomic E-state index is 12.8. The number of aromatic nitrogens is 2. The molecule has 0 fully saturated rings. The van der Waals surface area contributed by atoms with Crippen molar-refractivity contribution in [2.45, 2.75) is 52.0 Å². The lowest BCUT2D eigenvalue weighted by atomic mass is 9.89. The largest absolute Gasteiger partial charge is 0.309 e. The lowest BCUT2D eigenvalue weighted by Crippen LogP contribution is -2.27. The molecule has 2 N–H and O–H groups in total. The summed E-state index contributed by atoms with van der Waals surface area (Å²) in [5.41, 5.74) is 2.58. The molecule has 4 rings (SSSR count). The molecule has 142 valence electrons. The molecule has 0 bridgehead atoms. The highest BCUT2D eigenvalue weighted by atomic mass is 32.1. The summed E-state index contributed by atoms with van der Waals surface area (Å²) in [6.07, 6.45) is 3.24. The molecule has 0 unspecified atom stereocenters. The molecule has 27 heavy (non-hydrogen) atoms. The van der Waals surface area contributed by atoms with Crippen molar-refractivity contribution in [1.82, 2.24) is 15.3 Å². The first-order chi connectivity index (χ1) is 13.0. The zero-order valence-electron chi connectivity index (χ0n) is 16.2. The van der Waals surface area contributed by atoms with Gasteiger partial charge in [0, 0.05) is 11.4 Å². The number of H-pyrrole nitrogens is 1. The summed E-state index contributed by atoms with van der Waals surface area (Å²) >= 11 is 1.71. The molecule has 0 saturated heterocycles. The van der Waals surface area contributed by atoms with Crippen LogP contribution >= 0.6 is 11.3 Å². The van der Waals surface area contributed by atoms with E-state index in [1.54, 1.807) is 11.3 Å². The maximum Gasteiger partial charge on any atom is 0.259 e. The topological polar surface area (TPSA) is 57.8 Å². The number of aromatic amines is 1. The van der Waals surface area contributed by atoms with Crippen molar-refractivity contribution < 1.29 is 0 Å². The average molecular weight is 382 g/mol. The van der Waals surface area contributed by atoms with Crippen LogP contribution in [-0.4, -0.2) is 16.5 Å². The second-order valence-corrected chi connectivity index (χ2v) is 9.01. The van der Waals surface area contributed by atoms with Gasteiger partial charge in [-0.05, 0) is 49.1 Å². The summed E-state index contributed by atoms with van der Waals surface area (Å²) < 4.78 is 0. The van der Waals surface area contributed by atoms with Gasteiger partial charge in [0.05, 0.1) is 11.4 Å². The fraction of sp³-hybridized carbons (Fsp3) is 0.455. The predicted octanol–water partition coefficient (Wildman–Crippen LogP) is 4.56. The maximum atomic E-state index is 12.8. The molecule has 2 heterocycles. The van der Waals surface area contributed by atoms with Crippen LogP contribution in [0.2, 0.25) is 0 Å². The van der Waals surface area contributed by atoms with E-state index in [0.29, 0.717) is 11.8 Å². The Labute approximate surface area is 164 Å². The molecule has 1 aliphatic carbocycles. The Hall–Kier alpha value is -1.98. The Bertz CT molecular complexity index is 992. The minimum atomic E-state index is 0.00585. The fourth-order valence-electron chi connectivity index (χ4n) is 3.92. The van der Waals surface area contributed by atoms with E-state index in [2.05, 4.69) is 55.3 Å². The van der Waals surface area contributed by atoms with Gasteiger partial charge in [0.15, 0.2) is 0 Å². The quantitative estimate of drug-likeness (QED) is 0.681. The van der Waals surface area contributed by atoms with Gasteiger partial charge in [-0.1, -0.05) is 44.2 Å². The molecule has 2 aromatic heterocycles. The van der Waals surface area contributed by atoms with Crippen LogP contribution in [0, 0.1) is 5.92 Å². The summed E-state index contributed by atoms with van der Waals surface area (Å²) in [6, 6.07) is 10.5. The molecule has 1 aliphatic rings. The van der Waals surface area contributed by atoms with Crippen LogP contribution < -0.4 is 10.9 Å². The van der Waals surface area contributed by atoms with Gasteiger partial charge in [-0.3, -0.25) is 4.79 Å². The first-order valence-electron chi connectivity index (χ1n) is 9.85. The second-order valence-electron chi connectivity index (χ2n) is 7.92. The molecule has 1 aromatic carbocycles. The Balaban J connectivity index is 1.54. The van der Waals surface area contributed by atoms with Gasteiger partial charge in [0.25, 0.3) is 5.56 Å². The Kier molecular flexibility index (Phi) is 5.15. The monoisotopic (exact) mass is 381 g/mol. The molecule has 0 amide bonds. The van der Waals surface area contributed by atoms with E-state index in [9.17, 15) is 4.79 Å². The van der Waals surface area contributed by atoms with Crippen LogP contribution in [0.4, 0.5) is 0 Å². The number of benzene rings is 1.